The molecule has 1 fully saturated rings. The van der Waals surface area contributed by atoms with Crippen molar-refractivity contribution in [2.24, 2.45) is 11.8 Å². The quantitative estimate of drug-likeness (QED) is 0.659. The molecule has 4 rings (SSSR count). The lowest BCUT2D eigenvalue weighted by molar-refractivity contribution is -0.122. The summed E-state index contributed by atoms with van der Waals surface area (Å²) in [6, 6.07) is 11.5. The lowest BCUT2D eigenvalue weighted by Gasteiger charge is -2.34. The normalized spacial score (nSPS) is 27.0. The zero-order chi connectivity index (χ0) is 20.2. The van der Waals surface area contributed by atoms with E-state index < -0.39 is 0 Å². The number of benzene rings is 2. The summed E-state index contributed by atoms with van der Waals surface area (Å²) in [5.74, 6) is -0.939. The fourth-order valence-electron chi connectivity index (χ4n) is 4.27. The summed E-state index contributed by atoms with van der Waals surface area (Å²) in [5, 5.41) is 4.58. The second-order valence-electron chi connectivity index (χ2n) is 7.83. The maximum absolute atomic E-state index is 12.8. The topological polar surface area (TPSA) is 49.4 Å². The van der Waals surface area contributed by atoms with Gasteiger partial charge in [-0.25, -0.2) is 4.90 Å². The Kier molecular flexibility index (Phi) is 4.88. The Hall–Kier alpha value is -2.04. The van der Waals surface area contributed by atoms with Crippen LogP contribution < -0.4 is 10.2 Å². The third kappa shape index (κ3) is 2.99. The number of para-hydroxylation sites is 1. The lowest BCUT2D eigenvalue weighted by atomic mass is 9.81. The first-order valence-corrected chi connectivity index (χ1v) is 10.3. The molecule has 0 aromatic heterocycles. The van der Waals surface area contributed by atoms with E-state index in [1.54, 1.807) is 6.07 Å². The monoisotopic (exact) mass is 416 g/mol. The number of carbonyl (C=O) groups is 2. The van der Waals surface area contributed by atoms with Crippen molar-refractivity contribution < 1.29 is 9.59 Å². The Labute approximate surface area is 174 Å². The van der Waals surface area contributed by atoms with Crippen molar-refractivity contribution in [3.05, 3.63) is 57.6 Å². The number of imide groups is 1. The largest absolute Gasteiger partial charge is 0.381 e. The number of rotatable bonds is 2. The van der Waals surface area contributed by atoms with Crippen molar-refractivity contribution in [2.45, 2.75) is 39.2 Å². The Morgan fingerprint density at radius 3 is 2.29 bits per heavy atom. The van der Waals surface area contributed by atoms with Crippen LogP contribution in [0.15, 0.2) is 36.4 Å². The van der Waals surface area contributed by atoms with E-state index in [9.17, 15) is 9.59 Å². The number of anilines is 2. The summed E-state index contributed by atoms with van der Waals surface area (Å²) in [4.78, 5) is 27.0. The standard InChI is InChI=1S/C22H22Cl2N2O2/c1-11-8-16(17-9-14(23)10-18(24)20(17)25-11)15-6-4-5-7-19(15)26-21(27)12(2)13(3)22(26)28/h4-7,9-13,16,25H,8H2,1-3H3/t11-,12-,13+,16+/m1/s1. The average molecular weight is 417 g/mol. The SMILES string of the molecule is C[C@@H]1C[C@@H](c2ccccc2N2C(=O)[C@@H](C)[C@@H](C)C2=O)c2cc(Cl)cc(Cl)c2N1. The van der Waals surface area contributed by atoms with Gasteiger partial charge in [0, 0.05) is 28.8 Å². The van der Waals surface area contributed by atoms with Gasteiger partial charge in [-0.05, 0) is 42.7 Å². The number of nitrogens with one attached hydrogen (secondary N) is 1. The number of hydrogen-bond acceptors (Lipinski definition) is 3. The molecule has 2 aromatic carbocycles. The molecule has 0 aliphatic carbocycles. The molecule has 2 heterocycles. The van der Waals surface area contributed by atoms with Crippen LogP contribution in [0.3, 0.4) is 0 Å². The van der Waals surface area contributed by atoms with E-state index in [-0.39, 0.29) is 35.6 Å². The van der Waals surface area contributed by atoms with E-state index in [1.165, 1.54) is 4.90 Å². The molecule has 6 heteroatoms. The van der Waals surface area contributed by atoms with E-state index >= 15 is 0 Å². The van der Waals surface area contributed by atoms with E-state index in [0.29, 0.717) is 15.7 Å². The van der Waals surface area contributed by atoms with Gasteiger partial charge in [0.25, 0.3) is 0 Å². The summed E-state index contributed by atoms with van der Waals surface area (Å²) in [7, 11) is 0. The van der Waals surface area contributed by atoms with Crippen LogP contribution in [0.1, 0.15) is 44.2 Å². The highest BCUT2D eigenvalue weighted by molar-refractivity contribution is 6.36. The smallest absolute Gasteiger partial charge is 0.237 e. The number of nitrogens with zero attached hydrogens (tertiary/aromatic N) is 1. The highest BCUT2D eigenvalue weighted by Gasteiger charge is 2.44. The zero-order valence-corrected chi connectivity index (χ0v) is 17.5. The molecule has 1 N–H and O–H groups in total. The summed E-state index contributed by atoms with van der Waals surface area (Å²) in [5.41, 5.74) is 3.46. The molecule has 4 nitrogen and oxygen atoms in total. The predicted molar refractivity (Wildman–Crippen MR) is 113 cm³/mol. The second-order valence-corrected chi connectivity index (χ2v) is 8.68. The molecule has 2 aliphatic rings. The van der Waals surface area contributed by atoms with Gasteiger partial charge in [-0.3, -0.25) is 9.59 Å². The van der Waals surface area contributed by atoms with Crippen molar-refractivity contribution >= 4 is 46.4 Å². The highest BCUT2D eigenvalue weighted by Crippen LogP contribution is 2.46. The van der Waals surface area contributed by atoms with Gasteiger partial charge in [0.05, 0.1) is 16.4 Å². The Bertz CT molecular complexity index is 955. The van der Waals surface area contributed by atoms with Gasteiger partial charge < -0.3 is 5.32 Å². The van der Waals surface area contributed by atoms with E-state index in [2.05, 4.69) is 12.2 Å². The molecule has 0 radical (unpaired) electrons. The first-order chi connectivity index (χ1) is 13.3. The van der Waals surface area contributed by atoms with Crippen molar-refractivity contribution in [1.29, 1.82) is 0 Å². The molecule has 0 spiro atoms. The van der Waals surface area contributed by atoms with Crippen LogP contribution in [0.2, 0.25) is 10.0 Å². The molecule has 146 valence electrons. The van der Waals surface area contributed by atoms with Gasteiger partial charge in [0.1, 0.15) is 0 Å². The van der Waals surface area contributed by atoms with Crippen LogP contribution in [0.5, 0.6) is 0 Å². The molecule has 2 amide bonds. The van der Waals surface area contributed by atoms with Crippen LogP contribution in [0.25, 0.3) is 0 Å². The molecular weight excluding hydrogens is 395 g/mol. The Balaban J connectivity index is 1.87. The number of fused-ring (bicyclic) bond motifs is 1. The average Bonchev–Trinajstić information content (AvgIpc) is 2.85. The van der Waals surface area contributed by atoms with Crippen LogP contribution in [-0.2, 0) is 9.59 Å². The Morgan fingerprint density at radius 1 is 0.964 bits per heavy atom. The second kappa shape index (κ2) is 7.09. The van der Waals surface area contributed by atoms with Gasteiger partial charge in [0.2, 0.25) is 11.8 Å². The minimum atomic E-state index is -0.316. The number of halogens is 2. The van der Waals surface area contributed by atoms with Crippen molar-refractivity contribution in [3.63, 3.8) is 0 Å². The third-order valence-corrected chi connectivity index (χ3v) is 6.48. The van der Waals surface area contributed by atoms with Gasteiger partial charge in [-0.2, -0.15) is 0 Å². The van der Waals surface area contributed by atoms with E-state index in [0.717, 1.165) is 23.2 Å². The number of hydrogen-bond donors (Lipinski definition) is 1. The van der Waals surface area contributed by atoms with Gasteiger partial charge in [-0.15, -0.1) is 0 Å². The molecule has 1 saturated heterocycles. The van der Waals surface area contributed by atoms with Crippen molar-refractivity contribution in [1.82, 2.24) is 0 Å². The zero-order valence-electron chi connectivity index (χ0n) is 16.0. The fraction of sp³-hybridized carbons (Fsp3) is 0.364. The third-order valence-electron chi connectivity index (χ3n) is 5.96. The van der Waals surface area contributed by atoms with Crippen molar-refractivity contribution in [3.8, 4) is 0 Å². The summed E-state index contributed by atoms with van der Waals surface area (Å²) >= 11 is 12.7. The van der Waals surface area contributed by atoms with E-state index in [4.69, 9.17) is 23.2 Å². The molecule has 2 aromatic rings. The fourth-order valence-corrected chi connectivity index (χ4v) is 4.83. The highest BCUT2D eigenvalue weighted by atomic mass is 35.5. The molecule has 2 aliphatic heterocycles. The molecule has 0 unspecified atom stereocenters. The van der Waals surface area contributed by atoms with Crippen LogP contribution in [0.4, 0.5) is 11.4 Å². The maximum atomic E-state index is 12.8. The van der Waals surface area contributed by atoms with Gasteiger partial charge in [-0.1, -0.05) is 55.2 Å². The van der Waals surface area contributed by atoms with Crippen LogP contribution in [-0.4, -0.2) is 17.9 Å². The van der Waals surface area contributed by atoms with Crippen LogP contribution in [0, 0.1) is 11.8 Å². The van der Waals surface area contributed by atoms with Gasteiger partial charge >= 0.3 is 0 Å². The maximum Gasteiger partial charge on any atom is 0.237 e. The minimum Gasteiger partial charge on any atom is -0.381 e. The Morgan fingerprint density at radius 2 is 1.61 bits per heavy atom. The summed E-state index contributed by atoms with van der Waals surface area (Å²) < 4.78 is 0. The van der Waals surface area contributed by atoms with Gasteiger partial charge in [0.15, 0.2) is 0 Å². The molecule has 4 atom stereocenters. The minimum absolute atomic E-state index is 0.0227. The molecule has 0 saturated carbocycles. The molecular formula is C22H22Cl2N2O2. The molecule has 28 heavy (non-hydrogen) atoms. The lowest BCUT2D eigenvalue weighted by Crippen LogP contribution is -2.33. The first-order valence-electron chi connectivity index (χ1n) is 9.51. The predicted octanol–water partition coefficient (Wildman–Crippen LogP) is 5.47. The summed E-state index contributed by atoms with van der Waals surface area (Å²) in [6.45, 7) is 5.73. The number of amides is 2. The van der Waals surface area contributed by atoms with Crippen molar-refractivity contribution in [2.75, 3.05) is 10.2 Å². The summed E-state index contributed by atoms with van der Waals surface area (Å²) in [6.07, 6.45) is 0.808. The van der Waals surface area contributed by atoms with Crippen LogP contribution >= 0.6 is 23.2 Å². The first kappa shape index (κ1) is 19.3. The number of carbonyl (C=O) groups excluding carboxylic acids is 2. The molecule has 0 bridgehead atoms. The van der Waals surface area contributed by atoms with E-state index in [1.807, 2.05) is 44.2 Å².